The van der Waals surface area contributed by atoms with Gasteiger partial charge in [0.25, 0.3) is 0 Å². The Labute approximate surface area is 120 Å². The minimum atomic E-state index is 0.780. The third-order valence-electron chi connectivity index (χ3n) is 3.20. The standard InChI is InChI=1S/C14H14IN3/c1-16-14-12(15)8-17-13(18-14)11-6-4-10(5-7-11)9-2-3-9/h4-9H,2-3H2,1H3,(H,16,17,18). The molecule has 1 aromatic carbocycles. The molecule has 1 fully saturated rings. The van der Waals surface area contributed by atoms with Crippen LogP contribution < -0.4 is 5.32 Å². The van der Waals surface area contributed by atoms with Gasteiger partial charge in [-0.25, -0.2) is 9.97 Å². The number of rotatable bonds is 3. The molecule has 1 heterocycles. The van der Waals surface area contributed by atoms with Crippen LogP contribution in [0.1, 0.15) is 24.3 Å². The molecule has 0 aliphatic heterocycles. The van der Waals surface area contributed by atoms with Crippen LogP contribution in [-0.2, 0) is 0 Å². The van der Waals surface area contributed by atoms with Crippen LogP contribution in [0.2, 0.25) is 0 Å². The van der Waals surface area contributed by atoms with Gasteiger partial charge < -0.3 is 5.32 Å². The summed E-state index contributed by atoms with van der Waals surface area (Å²) in [7, 11) is 1.88. The van der Waals surface area contributed by atoms with Gasteiger partial charge in [-0.2, -0.15) is 0 Å². The highest BCUT2D eigenvalue weighted by molar-refractivity contribution is 14.1. The lowest BCUT2D eigenvalue weighted by Gasteiger charge is -2.06. The Bertz CT molecular complexity index is 562. The number of aromatic nitrogens is 2. The van der Waals surface area contributed by atoms with Crippen molar-refractivity contribution >= 4 is 28.4 Å². The third-order valence-corrected chi connectivity index (χ3v) is 3.99. The Morgan fingerprint density at radius 1 is 1.22 bits per heavy atom. The van der Waals surface area contributed by atoms with E-state index in [1.54, 1.807) is 0 Å². The number of nitrogens with one attached hydrogen (secondary N) is 1. The second-order valence-electron chi connectivity index (χ2n) is 4.54. The molecule has 0 bridgehead atoms. The van der Waals surface area contributed by atoms with Crippen LogP contribution in [0.25, 0.3) is 11.4 Å². The molecule has 1 aliphatic carbocycles. The fourth-order valence-corrected chi connectivity index (χ4v) is 2.53. The molecule has 3 nitrogen and oxygen atoms in total. The first-order valence-corrected chi connectivity index (χ1v) is 7.16. The molecule has 0 atom stereocenters. The van der Waals surface area contributed by atoms with Gasteiger partial charge in [-0.1, -0.05) is 24.3 Å². The summed E-state index contributed by atoms with van der Waals surface area (Å²) in [5, 5.41) is 3.09. The van der Waals surface area contributed by atoms with Crippen LogP contribution in [0.3, 0.4) is 0 Å². The molecular formula is C14H14IN3. The van der Waals surface area contributed by atoms with Gasteiger partial charge in [0.1, 0.15) is 5.82 Å². The molecule has 3 rings (SSSR count). The zero-order chi connectivity index (χ0) is 12.5. The summed E-state index contributed by atoms with van der Waals surface area (Å²) in [5.74, 6) is 2.46. The van der Waals surface area contributed by atoms with Crippen molar-refractivity contribution in [1.82, 2.24) is 9.97 Å². The Hall–Kier alpha value is -1.17. The van der Waals surface area contributed by atoms with E-state index in [9.17, 15) is 0 Å². The topological polar surface area (TPSA) is 37.8 Å². The van der Waals surface area contributed by atoms with Crippen LogP contribution in [0.15, 0.2) is 30.5 Å². The third kappa shape index (κ3) is 2.34. The molecular weight excluding hydrogens is 337 g/mol. The summed E-state index contributed by atoms with van der Waals surface area (Å²) in [6, 6.07) is 8.64. The van der Waals surface area contributed by atoms with E-state index in [0.29, 0.717) is 0 Å². The molecule has 4 heteroatoms. The van der Waals surface area contributed by atoms with Crippen molar-refractivity contribution in [2.75, 3.05) is 12.4 Å². The van der Waals surface area contributed by atoms with Crippen molar-refractivity contribution in [3.05, 3.63) is 39.6 Å². The summed E-state index contributed by atoms with van der Waals surface area (Å²) >= 11 is 2.23. The number of hydrogen-bond donors (Lipinski definition) is 1. The molecule has 0 radical (unpaired) electrons. The lowest BCUT2D eigenvalue weighted by atomic mass is 10.1. The Kier molecular flexibility index (Phi) is 3.20. The van der Waals surface area contributed by atoms with Crippen molar-refractivity contribution in [1.29, 1.82) is 0 Å². The van der Waals surface area contributed by atoms with E-state index < -0.39 is 0 Å². The first kappa shape index (κ1) is 11.9. The highest BCUT2D eigenvalue weighted by Gasteiger charge is 2.23. The van der Waals surface area contributed by atoms with E-state index in [1.165, 1.54) is 18.4 Å². The molecule has 0 spiro atoms. The van der Waals surface area contributed by atoms with Crippen molar-refractivity contribution in [3.63, 3.8) is 0 Å². The molecule has 0 saturated heterocycles. The smallest absolute Gasteiger partial charge is 0.161 e. The first-order chi connectivity index (χ1) is 8.78. The lowest BCUT2D eigenvalue weighted by molar-refractivity contribution is 1.12. The zero-order valence-electron chi connectivity index (χ0n) is 10.2. The minimum Gasteiger partial charge on any atom is -0.372 e. The van der Waals surface area contributed by atoms with Gasteiger partial charge in [-0.15, -0.1) is 0 Å². The number of anilines is 1. The van der Waals surface area contributed by atoms with Crippen molar-refractivity contribution in [3.8, 4) is 11.4 Å². The minimum absolute atomic E-state index is 0.780. The molecule has 1 saturated carbocycles. The van der Waals surface area contributed by atoms with Crippen LogP contribution in [0, 0.1) is 3.57 Å². The van der Waals surface area contributed by atoms with Crippen LogP contribution in [0.5, 0.6) is 0 Å². The summed E-state index contributed by atoms with van der Waals surface area (Å²) in [6.45, 7) is 0. The maximum Gasteiger partial charge on any atom is 0.161 e. The fraction of sp³-hybridized carbons (Fsp3) is 0.286. The van der Waals surface area contributed by atoms with Gasteiger partial charge in [0.2, 0.25) is 0 Å². The van der Waals surface area contributed by atoms with Gasteiger partial charge in [-0.3, -0.25) is 0 Å². The quantitative estimate of drug-likeness (QED) is 0.858. The molecule has 0 unspecified atom stereocenters. The molecule has 0 amide bonds. The highest BCUT2D eigenvalue weighted by Crippen LogP contribution is 2.40. The second-order valence-corrected chi connectivity index (χ2v) is 5.70. The maximum absolute atomic E-state index is 4.52. The van der Waals surface area contributed by atoms with Gasteiger partial charge in [0.15, 0.2) is 5.82 Å². The lowest BCUT2D eigenvalue weighted by Crippen LogP contribution is -1.99. The molecule has 1 N–H and O–H groups in total. The molecule has 1 aromatic heterocycles. The highest BCUT2D eigenvalue weighted by atomic mass is 127. The van der Waals surface area contributed by atoms with Crippen LogP contribution in [0.4, 0.5) is 5.82 Å². The van der Waals surface area contributed by atoms with E-state index in [1.807, 2.05) is 13.2 Å². The van der Waals surface area contributed by atoms with E-state index >= 15 is 0 Å². The SMILES string of the molecule is CNc1nc(-c2ccc(C3CC3)cc2)ncc1I. The average Bonchev–Trinajstić information content (AvgIpc) is 3.24. The second kappa shape index (κ2) is 4.84. The maximum atomic E-state index is 4.52. The summed E-state index contributed by atoms with van der Waals surface area (Å²) < 4.78 is 1.04. The number of hydrogen-bond acceptors (Lipinski definition) is 3. The van der Waals surface area contributed by atoms with Gasteiger partial charge in [0.05, 0.1) is 3.57 Å². The van der Waals surface area contributed by atoms with E-state index in [4.69, 9.17) is 0 Å². The summed E-state index contributed by atoms with van der Waals surface area (Å²) in [4.78, 5) is 8.91. The Morgan fingerprint density at radius 2 is 1.94 bits per heavy atom. The summed E-state index contributed by atoms with van der Waals surface area (Å²) in [5.41, 5.74) is 2.52. The zero-order valence-corrected chi connectivity index (χ0v) is 12.3. The van der Waals surface area contributed by atoms with Crippen molar-refractivity contribution < 1.29 is 0 Å². The summed E-state index contributed by atoms with van der Waals surface area (Å²) in [6.07, 6.45) is 4.52. The van der Waals surface area contributed by atoms with E-state index in [-0.39, 0.29) is 0 Å². The molecule has 18 heavy (non-hydrogen) atoms. The van der Waals surface area contributed by atoms with Gasteiger partial charge in [0, 0.05) is 18.8 Å². The monoisotopic (exact) mass is 351 g/mol. The van der Waals surface area contributed by atoms with Crippen LogP contribution in [-0.4, -0.2) is 17.0 Å². The molecule has 92 valence electrons. The van der Waals surface area contributed by atoms with E-state index in [0.717, 1.165) is 26.7 Å². The number of halogens is 1. The molecule has 1 aliphatic rings. The first-order valence-electron chi connectivity index (χ1n) is 6.08. The fourth-order valence-electron chi connectivity index (χ4n) is 2.00. The average molecular weight is 351 g/mol. The van der Waals surface area contributed by atoms with Crippen LogP contribution >= 0.6 is 22.6 Å². The van der Waals surface area contributed by atoms with Crippen molar-refractivity contribution in [2.45, 2.75) is 18.8 Å². The van der Waals surface area contributed by atoms with E-state index in [2.05, 4.69) is 62.1 Å². The Morgan fingerprint density at radius 3 is 2.56 bits per heavy atom. The van der Waals surface area contributed by atoms with Gasteiger partial charge in [-0.05, 0) is 46.9 Å². The predicted octanol–water partition coefficient (Wildman–Crippen LogP) is 3.67. The normalized spacial score (nSPS) is 14.6. The number of nitrogens with zero attached hydrogens (tertiary/aromatic N) is 2. The largest absolute Gasteiger partial charge is 0.372 e. The number of benzene rings is 1. The van der Waals surface area contributed by atoms with Crippen molar-refractivity contribution in [2.24, 2.45) is 0 Å². The Balaban J connectivity index is 1.93. The van der Waals surface area contributed by atoms with Gasteiger partial charge >= 0.3 is 0 Å². The predicted molar refractivity (Wildman–Crippen MR) is 81.7 cm³/mol. The molecule has 2 aromatic rings.